The molecule has 0 bridgehead atoms. The summed E-state index contributed by atoms with van der Waals surface area (Å²) in [4.78, 5) is 2.14. The van der Waals surface area contributed by atoms with Crippen molar-refractivity contribution in [3.8, 4) is 0 Å². The highest BCUT2D eigenvalue weighted by atomic mass is 35.5. The molecule has 0 amide bonds. The maximum absolute atomic E-state index is 10.3. The molecule has 0 aliphatic rings. The maximum atomic E-state index is 10.3. The van der Waals surface area contributed by atoms with E-state index in [1.807, 2.05) is 25.2 Å². The van der Waals surface area contributed by atoms with Gasteiger partial charge in [-0.15, -0.1) is 0 Å². The molecule has 0 fully saturated rings. The largest absolute Gasteiger partial charge is 0.388 e. The van der Waals surface area contributed by atoms with Gasteiger partial charge in [0, 0.05) is 24.8 Å². The third-order valence-corrected chi connectivity index (χ3v) is 4.44. The Bertz CT molecular complexity index is 615. The van der Waals surface area contributed by atoms with Gasteiger partial charge in [-0.2, -0.15) is 0 Å². The van der Waals surface area contributed by atoms with Gasteiger partial charge in [0.25, 0.3) is 0 Å². The number of benzene rings is 2. The Morgan fingerprint density at radius 1 is 1.10 bits per heavy atom. The van der Waals surface area contributed by atoms with Gasteiger partial charge < -0.3 is 10.0 Å². The molecule has 0 saturated carbocycles. The quantitative estimate of drug-likeness (QED) is 0.849. The van der Waals surface area contributed by atoms with E-state index in [1.54, 1.807) is 12.1 Å². The lowest BCUT2D eigenvalue weighted by Gasteiger charge is -2.23. The Labute approximate surface area is 135 Å². The number of para-hydroxylation sites is 1. The van der Waals surface area contributed by atoms with Crippen LogP contribution in [0.5, 0.6) is 0 Å². The number of hydrogen-bond donors (Lipinski definition) is 1. The number of anilines is 1. The topological polar surface area (TPSA) is 23.5 Å². The second-order valence-electron chi connectivity index (χ2n) is 5.16. The van der Waals surface area contributed by atoms with Crippen molar-refractivity contribution in [2.75, 3.05) is 18.5 Å². The van der Waals surface area contributed by atoms with Gasteiger partial charge in [-0.25, -0.2) is 0 Å². The minimum absolute atomic E-state index is 0.435. The molecule has 4 heteroatoms. The van der Waals surface area contributed by atoms with E-state index >= 15 is 0 Å². The van der Waals surface area contributed by atoms with Gasteiger partial charge >= 0.3 is 0 Å². The lowest BCUT2D eigenvalue weighted by Crippen LogP contribution is -2.21. The Hall–Kier alpha value is -1.22. The smallest absolute Gasteiger partial charge is 0.0821 e. The van der Waals surface area contributed by atoms with E-state index in [9.17, 15) is 5.11 Å². The molecule has 2 rings (SSSR count). The predicted molar refractivity (Wildman–Crippen MR) is 90.5 cm³/mol. The standard InChI is InChI=1S/C17H19Cl2NO/c1-12-6-3-4-9-15(12)20(2)11-10-16(21)13-7-5-8-14(18)17(13)19/h3-9,16,21H,10-11H2,1-2H3. The lowest BCUT2D eigenvalue weighted by molar-refractivity contribution is 0.170. The summed E-state index contributed by atoms with van der Waals surface area (Å²) < 4.78 is 0. The highest BCUT2D eigenvalue weighted by molar-refractivity contribution is 6.42. The van der Waals surface area contributed by atoms with Crippen molar-refractivity contribution in [2.45, 2.75) is 19.4 Å². The molecule has 0 radical (unpaired) electrons. The van der Waals surface area contributed by atoms with E-state index in [0.29, 0.717) is 22.0 Å². The molecule has 112 valence electrons. The van der Waals surface area contributed by atoms with Crippen LogP contribution in [-0.2, 0) is 0 Å². The molecule has 0 spiro atoms. The third-order valence-electron chi connectivity index (χ3n) is 3.61. The van der Waals surface area contributed by atoms with E-state index in [-0.39, 0.29) is 0 Å². The Kier molecular flexibility index (Phi) is 5.51. The number of hydrogen-bond acceptors (Lipinski definition) is 2. The Balaban J connectivity index is 2.03. The van der Waals surface area contributed by atoms with E-state index in [2.05, 4.69) is 24.0 Å². The van der Waals surface area contributed by atoms with Crippen molar-refractivity contribution in [3.05, 3.63) is 63.6 Å². The summed E-state index contributed by atoms with van der Waals surface area (Å²) in [6.07, 6.45) is -0.0343. The summed E-state index contributed by atoms with van der Waals surface area (Å²) in [6.45, 7) is 2.81. The van der Waals surface area contributed by atoms with Crippen LogP contribution in [0.3, 0.4) is 0 Å². The zero-order valence-electron chi connectivity index (χ0n) is 12.2. The second-order valence-corrected chi connectivity index (χ2v) is 5.94. The van der Waals surface area contributed by atoms with Crippen molar-refractivity contribution in [3.63, 3.8) is 0 Å². The highest BCUT2D eigenvalue weighted by Gasteiger charge is 2.14. The van der Waals surface area contributed by atoms with Crippen LogP contribution in [0.25, 0.3) is 0 Å². The zero-order valence-corrected chi connectivity index (χ0v) is 13.7. The fraction of sp³-hybridized carbons (Fsp3) is 0.294. The van der Waals surface area contributed by atoms with Crippen LogP contribution in [0.2, 0.25) is 10.0 Å². The predicted octanol–water partition coefficient (Wildman–Crippen LogP) is 4.86. The van der Waals surface area contributed by atoms with Crippen LogP contribution in [0, 0.1) is 6.92 Å². The Morgan fingerprint density at radius 2 is 1.81 bits per heavy atom. The minimum Gasteiger partial charge on any atom is -0.388 e. The fourth-order valence-electron chi connectivity index (χ4n) is 2.36. The van der Waals surface area contributed by atoms with Gasteiger partial charge in [0.2, 0.25) is 0 Å². The van der Waals surface area contributed by atoms with Crippen molar-refractivity contribution < 1.29 is 5.11 Å². The summed E-state index contributed by atoms with van der Waals surface area (Å²) in [5.74, 6) is 0. The number of nitrogens with zero attached hydrogens (tertiary/aromatic N) is 1. The number of aryl methyl sites for hydroxylation is 1. The number of rotatable bonds is 5. The summed E-state index contributed by atoms with van der Waals surface area (Å²) in [5, 5.41) is 11.2. The van der Waals surface area contributed by atoms with Gasteiger partial charge in [-0.1, -0.05) is 53.5 Å². The first kappa shape index (κ1) is 16.2. The Morgan fingerprint density at radius 3 is 2.52 bits per heavy atom. The highest BCUT2D eigenvalue weighted by Crippen LogP contribution is 2.31. The van der Waals surface area contributed by atoms with Crippen molar-refractivity contribution >= 4 is 28.9 Å². The number of aliphatic hydroxyl groups excluding tert-OH is 1. The fourth-order valence-corrected chi connectivity index (χ4v) is 2.80. The van der Waals surface area contributed by atoms with E-state index in [4.69, 9.17) is 23.2 Å². The molecule has 1 N–H and O–H groups in total. The van der Waals surface area contributed by atoms with E-state index in [0.717, 1.165) is 6.54 Å². The average Bonchev–Trinajstić information content (AvgIpc) is 2.47. The lowest BCUT2D eigenvalue weighted by atomic mass is 10.1. The summed E-state index contributed by atoms with van der Waals surface area (Å²) in [7, 11) is 2.02. The first-order valence-electron chi connectivity index (χ1n) is 6.89. The van der Waals surface area contributed by atoms with Gasteiger partial charge in [0.1, 0.15) is 0 Å². The number of aliphatic hydroxyl groups is 1. The molecule has 0 aliphatic carbocycles. The van der Waals surface area contributed by atoms with E-state index in [1.165, 1.54) is 11.3 Å². The maximum Gasteiger partial charge on any atom is 0.0821 e. The van der Waals surface area contributed by atoms with Gasteiger partial charge in [-0.3, -0.25) is 0 Å². The SMILES string of the molecule is Cc1ccccc1N(C)CCC(O)c1cccc(Cl)c1Cl. The van der Waals surface area contributed by atoms with Gasteiger partial charge in [0.15, 0.2) is 0 Å². The molecule has 1 atom stereocenters. The first-order valence-corrected chi connectivity index (χ1v) is 7.65. The summed E-state index contributed by atoms with van der Waals surface area (Å²) >= 11 is 12.1. The summed E-state index contributed by atoms with van der Waals surface area (Å²) in [5.41, 5.74) is 3.07. The molecular weight excluding hydrogens is 305 g/mol. The molecule has 0 saturated heterocycles. The molecule has 0 aromatic heterocycles. The van der Waals surface area contributed by atoms with Crippen LogP contribution in [0.15, 0.2) is 42.5 Å². The van der Waals surface area contributed by atoms with E-state index < -0.39 is 6.10 Å². The van der Waals surface area contributed by atoms with Gasteiger partial charge in [-0.05, 0) is 31.0 Å². The van der Waals surface area contributed by atoms with Crippen molar-refractivity contribution in [1.82, 2.24) is 0 Å². The van der Waals surface area contributed by atoms with Crippen LogP contribution >= 0.6 is 23.2 Å². The van der Waals surface area contributed by atoms with Gasteiger partial charge in [0.05, 0.1) is 16.1 Å². The average molecular weight is 324 g/mol. The van der Waals surface area contributed by atoms with Crippen molar-refractivity contribution in [2.24, 2.45) is 0 Å². The molecular formula is C17H19Cl2NO. The second kappa shape index (κ2) is 7.17. The monoisotopic (exact) mass is 323 g/mol. The molecule has 2 aromatic rings. The van der Waals surface area contributed by atoms with Crippen LogP contribution in [0.1, 0.15) is 23.7 Å². The molecule has 0 heterocycles. The first-order chi connectivity index (χ1) is 10.0. The molecule has 0 aliphatic heterocycles. The van der Waals surface area contributed by atoms with Crippen LogP contribution in [0.4, 0.5) is 5.69 Å². The normalized spacial score (nSPS) is 12.2. The third kappa shape index (κ3) is 3.91. The molecule has 21 heavy (non-hydrogen) atoms. The van der Waals surface area contributed by atoms with Crippen LogP contribution < -0.4 is 4.90 Å². The molecule has 1 unspecified atom stereocenters. The summed E-state index contributed by atoms with van der Waals surface area (Å²) in [6, 6.07) is 13.5. The molecule has 2 nitrogen and oxygen atoms in total. The zero-order chi connectivity index (χ0) is 15.4. The van der Waals surface area contributed by atoms with Crippen LogP contribution in [-0.4, -0.2) is 18.7 Å². The minimum atomic E-state index is -0.623. The van der Waals surface area contributed by atoms with Crippen molar-refractivity contribution in [1.29, 1.82) is 0 Å². The molecule has 2 aromatic carbocycles. The number of halogens is 2.